The summed E-state index contributed by atoms with van der Waals surface area (Å²) in [6.45, 7) is 3.98. The van der Waals surface area contributed by atoms with Crippen molar-refractivity contribution >= 4 is 45.4 Å². The molecule has 2 aromatic rings. The third-order valence-electron chi connectivity index (χ3n) is 2.90. The van der Waals surface area contributed by atoms with Crippen LogP contribution >= 0.6 is 22.9 Å². The molecule has 0 bridgehead atoms. The van der Waals surface area contributed by atoms with Gasteiger partial charge in [-0.05, 0) is 24.1 Å². The second kappa shape index (κ2) is 6.98. The van der Waals surface area contributed by atoms with Crippen LogP contribution in [-0.4, -0.2) is 17.9 Å². The topological polar surface area (TPSA) is 77.2 Å². The molecule has 1 aromatic carbocycles. The summed E-state index contributed by atoms with van der Waals surface area (Å²) in [6, 6.07) is 5.22. The van der Waals surface area contributed by atoms with Crippen LogP contribution in [-0.2, 0) is 0 Å². The van der Waals surface area contributed by atoms with Gasteiger partial charge in [-0.2, -0.15) is 0 Å². The number of ether oxygens (including phenoxy) is 1. The van der Waals surface area contributed by atoms with Crippen LogP contribution in [0.2, 0.25) is 5.02 Å². The quantitative estimate of drug-likeness (QED) is 0.764. The van der Waals surface area contributed by atoms with Gasteiger partial charge in [0.2, 0.25) is 0 Å². The maximum atomic E-state index is 12.1. The fourth-order valence-corrected chi connectivity index (χ4v) is 2.96. The van der Waals surface area contributed by atoms with Crippen molar-refractivity contribution in [1.82, 2.24) is 4.98 Å². The first-order valence-electron chi connectivity index (χ1n) is 6.80. The van der Waals surface area contributed by atoms with Crippen LogP contribution in [0.15, 0.2) is 18.2 Å². The maximum Gasteiger partial charge on any atom is 0.189 e. The molecule has 0 atom stereocenters. The number of ketones is 1. The van der Waals surface area contributed by atoms with Crippen molar-refractivity contribution in [1.29, 1.82) is 0 Å². The van der Waals surface area contributed by atoms with Gasteiger partial charge in [-0.1, -0.05) is 36.8 Å². The molecule has 0 aliphatic carbocycles. The predicted octanol–water partition coefficient (Wildman–Crippen LogP) is 4.36. The fourth-order valence-electron chi connectivity index (χ4n) is 1.94. The molecule has 0 amide bonds. The van der Waals surface area contributed by atoms with Crippen LogP contribution in [0.3, 0.4) is 0 Å². The SMILES string of the molecule is COc1ccc(Cl)cc1Nc1nc(N)c(C(=O)CC(C)C)s1. The molecule has 22 heavy (non-hydrogen) atoms. The lowest BCUT2D eigenvalue weighted by molar-refractivity contribution is 0.0972. The molecule has 0 unspecified atom stereocenters. The van der Waals surface area contributed by atoms with E-state index in [1.165, 1.54) is 11.3 Å². The van der Waals surface area contributed by atoms with Gasteiger partial charge in [0, 0.05) is 11.4 Å². The van der Waals surface area contributed by atoms with E-state index in [4.69, 9.17) is 22.1 Å². The Kier molecular flexibility index (Phi) is 5.26. The Balaban J connectivity index is 2.25. The molecule has 118 valence electrons. The molecule has 7 heteroatoms. The minimum absolute atomic E-state index is 0.0103. The number of methoxy groups -OCH3 is 1. The van der Waals surface area contributed by atoms with Gasteiger partial charge in [-0.25, -0.2) is 4.98 Å². The van der Waals surface area contributed by atoms with E-state index in [0.717, 1.165) is 0 Å². The number of thiazole rings is 1. The number of aromatic nitrogens is 1. The number of nitrogen functional groups attached to an aromatic ring is 1. The summed E-state index contributed by atoms with van der Waals surface area (Å²) in [5.74, 6) is 1.17. The monoisotopic (exact) mass is 339 g/mol. The number of nitrogens with two attached hydrogens (primary N) is 1. The number of rotatable bonds is 6. The number of benzene rings is 1. The Morgan fingerprint density at radius 2 is 2.23 bits per heavy atom. The van der Waals surface area contributed by atoms with E-state index >= 15 is 0 Å². The van der Waals surface area contributed by atoms with Gasteiger partial charge in [0.05, 0.1) is 12.8 Å². The standard InChI is InChI=1S/C15H18ClN3O2S/c1-8(2)6-11(20)13-14(17)19-15(22-13)18-10-7-9(16)4-5-12(10)21-3/h4-5,7-8H,6,17H2,1-3H3,(H,18,19). The second-order valence-corrected chi connectivity index (χ2v) is 6.66. The van der Waals surface area contributed by atoms with Crippen LogP contribution < -0.4 is 15.8 Å². The fraction of sp³-hybridized carbons (Fsp3) is 0.333. The number of carbonyl (C=O) groups is 1. The Morgan fingerprint density at radius 3 is 2.86 bits per heavy atom. The molecule has 0 aliphatic rings. The van der Waals surface area contributed by atoms with E-state index in [9.17, 15) is 4.79 Å². The summed E-state index contributed by atoms with van der Waals surface area (Å²) in [5, 5.41) is 4.21. The van der Waals surface area contributed by atoms with Crippen molar-refractivity contribution in [3.63, 3.8) is 0 Å². The van der Waals surface area contributed by atoms with E-state index in [2.05, 4.69) is 10.3 Å². The van der Waals surface area contributed by atoms with Crippen LogP contribution in [0.5, 0.6) is 5.75 Å². The first-order valence-corrected chi connectivity index (χ1v) is 8.00. The summed E-state index contributed by atoms with van der Waals surface area (Å²) in [4.78, 5) is 16.8. The molecule has 0 fully saturated rings. The van der Waals surface area contributed by atoms with Crippen LogP contribution in [0, 0.1) is 5.92 Å². The molecule has 5 nitrogen and oxygen atoms in total. The Bertz CT molecular complexity index is 685. The number of nitrogens with zero attached hydrogens (tertiary/aromatic N) is 1. The van der Waals surface area contributed by atoms with Gasteiger partial charge in [0.25, 0.3) is 0 Å². The Hall–Kier alpha value is -1.79. The molecule has 0 radical (unpaired) electrons. The molecule has 0 aliphatic heterocycles. The van der Waals surface area contributed by atoms with E-state index in [1.54, 1.807) is 25.3 Å². The molecule has 0 saturated heterocycles. The number of Topliss-reactive ketones (excluding diaryl/α,β-unsaturated/α-hetero) is 1. The molecule has 2 rings (SSSR count). The average Bonchev–Trinajstić information content (AvgIpc) is 2.79. The normalized spacial score (nSPS) is 10.8. The van der Waals surface area contributed by atoms with E-state index in [1.807, 2.05) is 13.8 Å². The van der Waals surface area contributed by atoms with Gasteiger partial charge in [-0.3, -0.25) is 4.79 Å². The van der Waals surface area contributed by atoms with Crippen LogP contribution in [0.25, 0.3) is 0 Å². The van der Waals surface area contributed by atoms with E-state index < -0.39 is 0 Å². The molecule has 0 saturated carbocycles. The molecule has 0 spiro atoms. The molecular weight excluding hydrogens is 322 g/mol. The lowest BCUT2D eigenvalue weighted by Crippen LogP contribution is -2.04. The maximum absolute atomic E-state index is 12.1. The number of halogens is 1. The van der Waals surface area contributed by atoms with Crippen molar-refractivity contribution in [2.24, 2.45) is 5.92 Å². The molecule has 1 aromatic heterocycles. The van der Waals surface area contributed by atoms with Crippen LogP contribution in [0.4, 0.5) is 16.6 Å². The summed E-state index contributed by atoms with van der Waals surface area (Å²) >= 11 is 7.23. The number of hydrogen-bond donors (Lipinski definition) is 2. The molecule has 1 heterocycles. The Morgan fingerprint density at radius 1 is 1.50 bits per heavy atom. The second-order valence-electron chi connectivity index (χ2n) is 5.22. The smallest absolute Gasteiger partial charge is 0.189 e. The average molecular weight is 340 g/mol. The summed E-state index contributed by atoms with van der Waals surface area (Å²) in [6.07, 6.45) is 0.451. The van der Waals surface area contributed by atoms with Crippen molar-refractivity contribution in [2.45, 2.75) is 20.3 Å². The number of hydrogen-bond acceptors (Lipinski definition) is 6. The highest BCUT2D eigenvalue weighted by Crippen LogP contribution is 2.34. The highest BCUT2D eigenvalue weighted by Gasteiger charge is 2.18. The van der Waals surface area contributed by atoms with E-state index in [-0.39, 0.29) is 17.5 Å². The third kappa shape index (κ3) is 3.90. The zero-order valence-electron chi connectivity index (χ0n) is 12.6. The van der Waals surface area contributed by atoms with Gasteiger partial charge < -0.3 is 15.8 Å². The predicted molar refractivity (Wildman–Crippen MR) is 91.6 cm³/mol. The largest absolute Gasteiger partial charge is 0.495 e. The number of carbonyl (C=O) groups excluding carboxylic acids is 1. The van der Waals surface area contributed by atoms with Crippen molar-refractivity contribution < 1.29 is 9.53 Å². The molecular formula is C15H18ClN3O2S. The number of anilines is 3. The highest BCUT2D eigenvalue weighted by molar-refractivity contribution is 7.18. The van der Waals surface area contributed by atoms with E-state index in [0.29, 0.717) is 32.9 Å². The zero-order chi connectivity index (χ0) is 16.3. The summed E-state index contributed by atoms with van der Waals surface area (Å²) < 4.78 is 5.27. The minimum atomic E-state index is 0.0103. The van der Waals surface area contributed by atoms with Gasteiger partial charge in [0.15, 0.2) is 10.9 Å². The lowest BCUT2D eigenvalue weighted by Gasteiger charge is -2.09. The number of nitrogens with one attached hydrogen (secondary N) is 1. The van der Waals surface area contributed by atoms with Crippen molar-refractivity contribution in [3.8, 4) is 5.75 Å². The highest BCUT2D eigenvalue weighted by atomic mass is 35.5. The summed E-state index contributed by atoms with van der Waals surface area (Å²) in [7, 11) is 1.57. The van der Waals surface area contributed by atoms with Gasteiger partial charge >= 0.3 is 0 Å². The lowest BCUT2D eigenvalue weighted by atomic mass is 10.1. The zero-order valence-corrected chi connectivity index (χ0v) is 14.2. The molecule has 3 N–H and O–H groups in total. The minimum Gasteiger partial charge on any atom is -0.495 e. The first-order chi connectivity index (χ1) is 10.4. The van der Waals surface area contributed by atoms with Gasteiger partial charge in [0.1, 0.15) is 16.4 Å². The Labute approximate surface area is 138 Å². The first kappa shape index (κ1) is 16.6. The summed E-state index contributed by atoms with van der Waals surface area (Å²) in [5.41, 5.74) is 6.53. The van der Waals surface area contributed by atoms with Crippen molar-refractivity contribution in [3.05, 3.63) is 28.1 Å². The van der Waals surface area contributed by atoms with Gasteiger partial charge in [-0.15, -0.1) is 0 Å². The van der Waals surface area contributed by atoms with Crippen molar-refractivity contribution in [2.75, 3.05) is 18.2 Å². The van der Waals surface area contributed by atoms with Crippen LogP contribution in [0.1, 0.15) is 29.9 Å². The third-order valence-corrected chi connectivity index (χ3v) is 4.17.